The molecule has 2 fully saturated rings. The second kappa shape index (κ2) is 19.4. The average Bonchev–Trinajstić information content (AvgIpc) is 3.17. The van der Waals surface area contributed by atoms with Crippen molar-refractivity contribution in [3.05, 3.63) is 114 Å². The molecule has 0 bridgehead atoms. The molecule has 9 heteroatoms. The van der Waals surface area contributed by atoms with Gasteiger partial charge in [0.1, 0.15) is 11.4 Å². The van der Waals surface area contributed by atoms with Gasteiger partial charge in [-0.1, -0.05) is 78.9 Å². The van der Waals surface area contributed by atoms with Crippen LogP contribution in [0, 0.1) is 5.92 Å². The first kappa shape index (κ1) is 38.7. The van der Waals surface area contributed by atoms with Crippen LogP contribution in [-0.4, -0.2) is 100.0 Å². The van der Waals surface area contributed by atoms with Crippen LogP contribution in [0.2, 0.25) is 0 Å². The minimum absolute atomic E-state index is 0.0158. The lowest BCUT2D eigenvalue weighted by Gasteiger charge is -2.44. The van der Waals surface area contributed by atoms with Crippen LogP contribution in [0.4, 0.5) is 4.79 Å². The summed E-state index contributed by atoms with van der Waals surface area (Å²) in [5.74, 6) is 0.781. The third-order valence-electron chi connectivity index (χ3n) is 9.76. The number of piperidine rings is 1. The molecular weight excluding hydrogens is 668 g/mol. The van der Waals surface area contributed by atoms with Crippen molar-refractivity contribution in [3.8, 4) is 5.75 Å². The average molecular weight is 725 g/mol. The highest BCUT2D eigenvalue weighted by Crippen LogP contribution is 2.37. The topological polar surface area (TPSA) is 78.9 Å². The second-order valence-electron chi connectivity index (χ2n) is 15.0. The first-order chi connectivity index (χ1) is 25.8. The zero-order chi connectivity index (χ0) is 36.9. The number of rotatable bonds is 16. The maximum atomic E-state index is 13.6. The number of carbonyl (C=O) groups is 1. The van der Waals surface area contributed by atoms with Crippen LogP contribution in [-0.2, 0) is 36.9 Å². The van der Waals surface area contributed by atoms with E-state index in [-0.39, 0.29) is 24.0 Å². The summed E-state index contributed by atoms with van der Waals surface area (Å²) in [6.45, 7) is 14.2. The van der Waals surface area contributed by atoms with Crippen LogP contribution in [0.15, 0.2) is 97.1 Å². The largest absolute Gasteiger partial charge is 0.494 e. The number of ether oxygens (including phenoxy) is 6. The Bertz CT molecular complexity index is 1690. The molecule has 2 aliphatic heterocycles. The van der Waals surface area contributed by atoms with E-state index in [0.717, 1.165) is 56.1 Å². The van der Waals surface area contributed by atoms with E-state index in [1.165, 1.54) is 16.3 Å². The minimum atomic E-state index is -0.608. The van der Waals surface area contributed by atoms with Gasteiger partial charge in [0.15, 0.2) is 0 Å². The Morgan fingerprint density at radius 3 is 2.30 bits per heavy atom. The summed E-state index contributed by atoms with van der Waals surface area (Å²) >= 11 is 0. The molecule has 3 atom stereocenters. The summed E-state index contributed by atoms with van der Waals surface area (Å²) in [5, 5.41) is 2.37. The van der Waals surface area contributed by atoms with E-state index in [1.807, 2.05) is 51.1 Å². The Labute approximate surface area is 315 Å². The first-order valence-electron chi connectivity index (χ1n) is 19.1. The van der Waals surface area contributed by atoms with Gasteiger partial charge < -0.3 is 33.3 Å². The smallest absolute Gasteiger partial charge is 0.410 e. The number of nitrogens with zero attached hydrogens (tertiary/aromatic N) is 2. The summed E-state index contributed by atoms with van der Waals surface area (Å²) in [6, 6.07) is 33.4. The highest BCUT2D eigenvalue weighted by Gasteiger charge is 2.41. The van der Waals surface area contributed by atoms with Crippen molar-refractivity contribution in [1.29, 1.82) is 0 Å². The molecule has 0 saturated carbocycles. The van der Waals surface area contributed by atoms with Crippen molar-refractivity contribution in [2.24, 2.45) is 5.92 Å². The maximum absolute atomic E-state index is 13.6. The van der Waals surface area contributed by atoms with E-state index in [2.05, 4.69) is 71.6 Å². The predicted octanol–water partition coefficient (Wildman–Crippen LogP) is 7.71. The molecule has 53 heavy (non-hydrogen) atoms. The lowest BCUT2D eigenvalue weighted by Crippen LogP contribution is -2.53. The molecule has 0 aliphatic carbocycles. The SMILES string of the molecule is CC(C)(C)OC(=O)N1CC(COCCN2CCOCC2)C(c2ccc(OCCCOCc3ccccc3)cc2)C(OCc2ccc3ccccc3c2)C1. The second-order valence-corrected chi connectivity index (χ2v) is 15.0. The lowest BCUT2D eigenvalue weighted by molar-refractivity contribution is -0.0678. The molecular formula is C44H56N2O7. The third kappa shape index (κ3) is 12.0. The van der Waals surface area contributed by atoms with Gasteiger partial charge in [0.2, 0.25) is 0 Å². The molecule has 0 radical (unpaired) electrons. The van der Waals surface area contributed by atoms with Crippen LogP contribution < -0.4 is 4.74 Å². The summed E-state index contributed by atoms with van der Waals surface area (Å²) in [6.07, 6.45) is 0.181. The number of hydrogen-bond acceptors (Lipinski definition) is 8. The molecule has 3 unspecified atom stereocenters. The van der Waals surface area contributed by atoms with E-state index in [1.54, 1.807) is 4.90 Å². The van der Waals surface area contributed by atoms with Gasteiger partial charge in [0.25, 0.3) is 0 Å². The normalized spacial score (nSPS) is 19.7. The van der Waals surface area contributed by atoms with Gasteiger partial charge in [0.05, 0.1) is 65.5 Å². The summed E-state index contributed by atoms with van der Waals surface area (Å²) in [4.78, 5) is 17.7. The van der Waals surface area contributed by atoms with E-state index < -0.39 is 5.60 Å². The summed E-state index contributed by atoms with van der Waals surface area (Å²) < 4.78 is 36.6. The van der Waals surface area contributed by atoms with Gasteiger partial charge in [-0.3, -0.25) is 4.90 Å². The molecule has 2 aliphatic rings. The van der Waals surface area contributed by atoms with Crippen molar-refractivity contribution in [1.82, 2.24) is 9.80 Å². The molecule has 2 saturated heterocycles. The number of amides is 1. The molecule has 9 nitrogen and oxygen atoms in total. The van der Waals surface area contributed by atoms with Crippen molar-refractivity contribution in [2.75, 3.05) is 72.4 Å². The monoisotopic (exact) mass is 724 g/mol. The van der Waals surface area contributed by atoms with Crippen molar-refractivity contribution in [3.63, 3.8) is 0 Å². The van der Waals surface area contributed by atoms with Crippen LogP contribution >= 0.6 is 0 Å². The number of carbonyl (C=O) groups excluding carboxylic acids is 1. The Morgan fingerprint density at radius 1 is 0.774 bits per heavy atom. The lowest BCUT2D eigenvalue weighted by atomic mass is 9.78. The van der Waals surface area contributed by atoms with E-state index in [4.69, 9.17) is 28.4 Å². The van der Waals surface area contributed by atoms with Gasteiger partial charge in [-0.2, -0.15) is 0 Å². The van der Waals surface area contributed by atoms with Crippen molar-refractivity contribution in [2.45, 2.75) is 58.0 Å². The zero-order valence-corrected chi connectivity index (χ0v) is 31.6. The first-order valence-corrected chi connectivity index (χ1v) is 19.1. The van der Waals surface area contributed by atoms with Crippen LogP contribution in [0.25, 0.3) is 10.8 Å². The standard InChI is InChI=1S/C44H56N2O7/c1-44(2,3)53-43(47)46-29-39(33-50-27-22-45-20-25-48-26-21-45)42(41(30-46)52-32-35-14-15-36-12-7-8-13-38(36)28-35)37-16-18-40(19-17-37)51-24-9-23-49-31-34-10-5-4-6-11-34/h4-8,10-19,28,39,41-42H,9,20-27,29-33H2,1-3H3. The van der Waals surface area contributed by atoms with Gasteiger partial charge in [-0.15, -0.1) is 0 Å². The Hall–Kier alpha value is -3.99. The third-order valence-corrected chi connectivity index (χ3v) is 9.76. The van der Waals surface area contributed by atoms with Gasteiger partial charge in [-0.05, 0) is 66.4 Å². The highest BCUT2D eigenvalue weighted by atomic mass is 16.6. The molecule has 4 aromatic rings. The van der Waals surface area contributed by atoms with Gasteiger partial charge in [-0.25, -0.2) is 4.79 Å². The van der Waals surface area contributed by atoms with E-state index >= 15 is 0 Å². The molecule has 2 heterocycles. The molecule has 0 aromatic heterocycles. The van der Waals surface area contributed by atoms with E-state index in [0.29, 0.717) is 52.7 Å². The maximum Gasteiger partial charge on any atom is 0.410 e. The number of likely N-dealkylation sites (tertiary alicyclic amines) is 1. The van der Waals surface area contributed by atoms with Gasteiger partial charge >= 0.3 is 6.09 Å². The number of morpholine rings is 1. The zero-order valence-electron chi connectivity index (χ0n) is 31.6. The van der Waals surface area contributed by atoms with Crippen molar-refractivity contribution >= 4 is 16.9 Å². The molecule has 284 valence electrons. The number of hydrogen-bond donors (Lipinski definition) is 0. The number of fused-ring (bicyclic) bond motifs is 1. The van der Waals surface area contributed by atoms with E-state index in [9.17, 15) is 4.79 Å². The summed E-state index contributed by atoms with van der Waals surface area (Å²) in [5.41, 5.74) is 2.79. The fraction of sp³-hybridized carbons (Fsp3) is 0.477. The molecule has 6 rings (SSSR count). The van der Waals surface area contributed by atoms with Crippen molar-refractivity contribution < 1.29 is 33.2 Å². The Balaban J connectivity index is 1.15. The Morgan fingerprint density at radius 2 is 1.53 bits per heavy atom. The van der Waals surface area contributed by atoms with Crippen LogP contribution in [0.5, 0.6) is 5.75 Å². The fourth-order valence-electron chi connectivity index (χ4n) is 7.07. The highest BCUT2D eigenvalue weighted by molar-refractivity contribution is 5.82. The van der Waals surface area contributed by atoms with Crippen LogP contribution in [0.3, 0.4) is 0 Å². The molecule has 4 aromatic carbocycles. The molecule has 0 spiro atoms. The Kier molecular flexibility index (Phi) is 14.2. The predicted molar refractivity (Wildman–Crippen MR) is 207 cm³/mol. The molecule has 1 amide bonds. The summed E-state index contributed by atoms with van der Waals surface area (Å²) in [7, 11) is 0. The number of benzene rings is 4. The minimum Gasteiger partial charge on any atom is -0.494 e. The van der Waals surface area contributed by atoms with Gasteiger partial charge in [0, 0.05) is 44.4 Å². The van der Waals surface area contributed by atoms with Crippen LogP contribution in [0.1, 0.15) is 49.8 Å². The molecule has 0 N–H and O–H groups in total. The fourth-order valence-corrected chi connectivity index (χ4v) is 7.07. The quantitative estimate of drug-likeness (QED) is 0.109.